The van der Waals surface area contributed by atoms with E-state index in [4.69, 9.17) is 19.4 Å². The van der Waals surface area contributed by atoms with E-state index in [1.165, 1.54) is 7.11 Å². The molecule has 2 N–H and O–H groups in total. The molecule has 11 heteroatoms. The lowest BCUT2D eigenvalue weighted by atomic mass is 9.83. The molecule has 0 saturated carbocycles. The number of hydrazine groups is 1. The Labute approximate surface area is 227 Å². The van der Waals surface area contributed by atoms with E-state index in [-0.39, 0.29) is 17.2 Å². The van der Waals surface area contributed by atoms with Crippen LogP contribution in [0.2, 0.25) is 0 Å². The summed E-state index contributed by atoms with van der Waals surface area (Å²) in [5.74, 6) is 1.81. The SMILES string of the molecule is CCOC(=O)S1=CC(C)CN1Nc1nc(NCc2ccc(C(=O)OC)cc2)cc(N2CCC(C)(C)CC2)n1. The lowest BCUT2D eigenvalue weighted by molar-refractivity contribution is 0.0600. The van der Waals surface area contributed by atoms with E-state index in [1.54, 1.807) is 12.1 Å². The topological polar surface area (TPSA) is 109 Å². The van der Waals surface area contributed by atoms with Gasteiger partial charge < -0.3 is 19.7 Å². The predicted octanol–water partition coefficient (Wildman–Crippen LogP) is 4.92. The van der Waals surface area contributed by atoms with Gasteiger partial charge in [0.2, 0.25) is 5.95 Å². The zero-order chi connectivity index (χ0) is 27.3. The van der Waals surface area contributed by atoms with Crippen LogP contribution in [-0.4, -0.2) is 64.4 Å². The molecule has 0 bridgehead atoms. The highest BCUT2D eigenvalue weighted by molar-refractivity contribution is 8.25. The minimum atomic E-state index is -0.825. The molecule has 1 aromatic heterocycles. The zero-order valence-electron chi connectivity index (χ0n) is 22.8. The first-order valence-corrected chi connectivity index (χ1v) is 14.3. The van der Waals surface area contributed by atoms with Gasteiger partial charge in [-0.05, 0) is 54.2 Å². The highest BCUT2D eigenvalue weighted by atomic mass is 32.2. The molecule has 206 valence electrons. The van der Waals surface area contributed by atoms with Crippen LogP contribution in [0.15, 0.2) is 30.3 Å². The van der Waals surface area contributed by atoms with Crippen LogP contribution in [0.25, 0.3) is 0 Å². The average molecular weight is 543 g/mol. The molecule has 2 aliphatic rings. The minimum Gasteiger partial charge on any atom is -0.465 e. The molecule has 10 nitrogen and oxygen atoms in total. The first-order valence-electron chi connectivity index (χ1n) is 13.0. The summed E-state index contributed by atoms with van der Waals surface area (Å²) in [6, 6.07) is 9.24. The fourth-order valence-electron chi connectivity index (χ4n) is 4.36. The van der Waals surface area contributed by atoms with Gasteiger partial charge in [0.05, 0.1) is 19.3 Å². The summed E-state index contributed by atoms with van der Waals surface area (Å²) < 4.78 is 11.9. The number of anilines is 3. The van der Waals surface area contributed by atoms with E-state index < -0.39 is 10.7 Å². The first-order chi connectivity index (χ1) is 18.2. The first kappa shape index (κ1) is 27.8. The molecule has 2 unspecified atom stereocenters. The number of carbonyl (C=O) groups is 2. The minimum absolute atomic E-state index is 0.230. The number of hydrogen-bond donors (Lipinski definition) is 2. The van der Waals surface area contributed by atoms with E-state index in [2.05, 4.69) is 36.4 Å². The number of carbonyl (C=O) groups excluding carboxylic acids is 2. The van der Waals surface area contributed by atoms with Crippen LogP contribution in [0.4, 0.5) is 22.4 Å². The Morgan fingerprint density at radius 1 is 1.16 bits per heavy atom. The van der Waals surface area contributed by atoms with E-state index in [9.17, 15) is 9.59 Å². The van der Waals surface area contributed by atoms with Crippen LogP contribution < -0.4 is 15.6 Å². The van der Waals surface area contributed by atoms with E-state index in [1.807, 2.05) is 34.9 Å². The molecule has 1 aromatic carbocycles. The van der Waals surface area contributed by atoms with Crippen molar-refractivity contribution in [2.24, 2.45) is 11.3 Å². The molecular weight excluding hydrogens is 504 g/mol. The number of esters is 1. The van der Waals surface area contributed by atoms with Gasteiger partial charge in [-0.2, -0.15) is 14.4 Å². The van der Waals surface area contributed by atoms with Gasteiger partial charge in [0.15, 0.2) is 0 Å². The zero-order valence-corrected chi connectivity index (χ0v) is 23.6. The number of ether oxygens (including phenoxy) is 2. The van der Waals surface area contributed by atoms with Crippen LogP contribution >= 0.6 is 10.7 Å². The second-order valence-electron chi connectivity index (χ2n) is 10.4. The highest BCUT2D eigenvalue weighted by Gasteiger charge is 2.29. The smallest absolute Gasteiger partial charge is 0.376 e. The lowest BCUT2D eigenvalue weighted by Crippen LogP contribution is -2.38. The van der Waals surface area contributed by atoms with Crippen molar-refractivity contribution in [2.75, 3.05) is 49.0 Å². The highest BCUT2D eigenvalue weighted by Crippen LogP contribution is 2.34. The van der Waals surface area contributed by atoms with Gasteiger partial charge in [-0.15, -0.1) is 0 Å². The lowest BCUT2D eigenvalue weighted by Gasteiger charge is -2.37. The van der Waals surface area contributed by atoms with Gasteiger partial charge in [-0.3, -0.25) is 5.43 Å². The van der Waals surface area contributed by atoms with Crippen LogP contribution in [0.5, 0.6) is 0 Å². The monoisotopic (exact) mass is 542 g/mol. The number of nitrogens with zero attached hydrogens (tertiary/aromatic N) is 4. The summed E-state index contributed by atoms with van der Waals surface area (Å²) in [7, 11) is 0.546. The fourth-order valence-corrected chi connectivity index (χ4v) is 6.13. The molecule has 0 spiro atoms. The largest absolute Gasteiger partial charge is 0.465 e. The molecule has 3 heterocycles. The summed E-state index contributed by atoms with van der Waals surface area (Å²) in [5.41, 5.74) is 5.12. The number of nitrogens with one attached hydrogen (secondary N) is 2. The Morgan fingerprint density at radius 3 is 2.53 bits per heavy atom. The van der Waals surface area contributed by atoms with Crippen molar-refractivity contribution in [3.8, 4) is 0 Å². The van der Waals surface area contributed by atoms with E-state index >= 15 is 0 Å². The van der Waals surface area contributed by atoms with Gasteiger partial charge in [-0.1, -0.05) is 32.9 Å². The third-order valence-corrected chi connectivity index (χ3v) is 8.61. The number of rotatable bonds is 8. The second-order valence-corrected chi connectivity index (χ2v) is 12.1. The van der Waals surface area contributed by atoms with Crippen LogP contribution in [0, 0.1) is 11.3 Å². The summed E-state index contributed by atoms with van der Waals surface area (Å²) in [4.78, 5) is 36.1. The number of benzene rings is 1. The molecule has 1 fully saturated rings. The summed E-state index contributed by atoms with van der Waals surface area (Å²) in [6.45, 7) is 11.8. The number of methoxy groups -OCH3 is 1. The normalized spacial score (nSPS) is 20.9. The van der Waals surface area contributed by atoms with E-state index in [0.717, 1.165) is 37.3 Å². The van der Waals surface area contributed by atoms with Crippen LogP contribution in [0.1, 0.15) is 56.5 Å². The van der Waals surface area contributed by atoms with Gasteiger partial charge in [0.1, 0.15) is 11.6 Å². The maximum atomic E-state index is 12.6. The summed E-state index contributed by atoms with van der Waals surface area (Å²) >= 11 is 0. The Hall–Kier alpha value is -3.18. The number of piperidine rings is 1. The van der Waals surface area contributed by atoms with Crippen LogP contribution in [0.3, 0.4) is 0 Å². The molecule has 0 aliphatic carbocycles. The maximum Gasteiger partial charge on any atom is 0.376 e. The Morgan fingerprint density at radius 2 is 1.87 bits per heavy atom. The fraction of sp³-hybridized carbons (Fsp3) is 0.519. The molecule has 0 amide bonds. The average Bonchev–Trinajstić information content (AvgIpc) is 3.27. The Bertz CT molecular complexity index is 1180. The molecule has 1 saturated heterocycles. The van der Waals surface area contributed by atoms with E-state index in [0.29, 0.717) is 42.4 Å². The standard InChI is InChI=1S/C27H38N6O4S/c1-6-37-26(35)38-18-19(2)17-33(38)31-25-29-22(15-23(30-25)32-13-11-27(3,4)12-14-32)28-16-20-7-9-21(10-8-20)24(34)36-5/h7-10,15,18-19H,6,11-14,16-17H2,1-5H3,(H2,28,29,30,31). The van der Waals surface area contributed by atoms with Crippen molar-refractivity contribution < 1.29 is 19.1 Å². The molecule has 2 aromatic rings. The summed E-state index contributed by atoms with van der Waals surface area (Å²) in [6.07, 6.45) is 2.17. The van der Waals surface area contributed by atoms with Crippen molar-refractivity contribution in [1.29, 1.82) is 0 Å². The third-order valence-electron chi connectivity index (χ3n) is 6.71. The Kier molecular flexibility index (Phi) is 8.88. The van der Waals surface area contributed by atoms with Gasteiger partial charge in [-0.25, -0.2) is 9.59 Å². The number of aromatic nitrogens is 2. The quantitative estimate of drug-likeness (QED) is 0.352. The maximum absolute atomic E-state index is 12.6. The second kappa shape index (κ2) is 12.1. The third kappa shape index (κ3) is 7.02. The Balaban J connectivity index is 1.54. The van der Waals surface area contributed by atoms with Crippen molar-refractivity contribution in [2.45, 2.75) is 47.1 Å². The van der Waals surface area contributed by atoms with Crippen LogP contribution in [-0.2, 0) is 16.0 Å². The molecule has 2 aliphatic heterocycles. The molecule has 4 rings (SSSR count). The molecule has 2 atom stereocenters. The van der Waals surface area contributed by atoms with Crippen molar-refractivity contribution in [3.63, 3.8) is 0 Å². The van der Waals surface area contributed by atoms with Gasteiger partial charge in [0, 0.05) is 42.9 Å². The van der Waals surface area contributed by atoms with Crippen molar-refractivity contribution >= 4 is 44.9 Å². The molecular formula is C27H38N6O4S. The molecule has 38 heavy (non-hydrogen) atoms. The van der Waals surface area contributed by atoms with Gasteiger partial charge in [0.25, 0.3) is 0 Å². The van der Waals surface area contributed by atoms with Crippen molar-refractivity contribution in [1.82, 2.24) is 14.4 Å². The van der Waals surface area contributed by atoms with Crippen molar-refractivity contribution in [3.05, 3.63) is 41.5 Å². The predicted molar refractivity (Wildman–Crippen MR) is 153 cm³/mol. The molecule has 0 radical (unpaired) electrons. The summed E-state index contributed by atoms with van der Waals surface area (Å²) in [5, 5.41) is 5.15. The van der Waals surface area contributed by atoms with Gasteiger partial charge >= 0.3 is 11.3 Å². The number of hydrogen-bond acceptors (Lipinski definition) is 10.